The molecule has 0 atom stereocenters. The van der Waals surface area contributed by atoms with E-state index in [0.717, 1.165) is 49.1 Å². The van der Waals surface area contributed by atoms with Crippen LogP contribution in [0.15, 0.2) is 47.4 Å². The van der Waals surface area contributed by atoms with Crippen molar-refractivity contribution < 1.29 is 23.5 Å². The normalized spacial score (nSPS) is 13.4. The number of amides is 1. The van der Waals surface area contributed by atoms with E-state index in [9.17, 15) is 23.2 Å². The van der Waals surface area contributed by atoms with Crippen LogP contribution in [0.25, 0.3) is 0 Å². The molecule has 182 valence electrons. The number of carbonyl (C=O) groups is 2. The van der Waals surface area contributed by atoms with Crippen LogP contribution in [0.3, 0.4) is 0 Å². The second-order valence-electron chi connectivity index (χ2n) is 8.66. The maximum Gasteiger partial charge on any atom is 0.307 e. The predicted octanol–water partition coefficient (Wildman–Crippen LogP) is 4.11. The number of carboxylic acid groups (broad SMARTS) is 1. The number of carboxylic acids is 1. The minimum Gasteiger partial charge on any atom is -0.481 e. The molecule has 0 spiro atoms. The van der Waals surface area contributed by atoms with Gasteiger partial charge in [0.15, 0.2) is 11.6 Å². The largest absolute Gasteiger partial charge is 0.481 e. The van der Waals surface area contributed by atoms with E-state index in [-0.39, 0.29) is 24.3 Å². The number of carbonyl (C=O) groups excluding carboxylic acids is 1. The van der Waals surface area contributed by atoms with Gasteiger partial charge in [0.25, 0.3) is 11.5 Å². The van der Waals surface area contributed by atoms with E-state index in [1.54, 1.807) is 12.1 Å². The summed E-state index contributed by atoms with van der Waals surface area (Å²) in [6.45, 7) is 0.0155. The molecule has 3 aromatic rings. The van der Waals surface area contributed by atoms with E-state index in [1.807, 2.05) is 0 Å². The van der Waals surface area contributed by atoms with Gasteiger partial charge in [-0.05, 0) is 66.6 Å². The molecular weight excluding hydrogens is 456 g/mol. The first-order valence-corrected chi connectivity index (χ1v) is 11.5. The summed E-state index contributed by atoms with van der Waals surface area (Å²) in [6.07, 6.45) is 6.41. The van der Waals surface area contributed by atoms with Gasteiger partial charge >= 0.3 is 5.97 Å². The molecule has 4 rings (SSSR count). The van der Waals surface area contributed by atoms with Gasteiger partial charge in [0.05, 0.1) is 13.0 Å². The van der Waals surface area contributed by atoms with Crippen molar-refractivity contribution in [1.82, 2.24) is 9.55 Å². The molecule has 1 aliphatic rings. The number of aromatic nitrogens is 2. The molecule has 1 aliphatic carbocycles. The van der Waals surface area contributed by atoms with Crippen LogP contribution < -0.4 is 10.9 Å². The number of aryl methyl sites for hydroxylation is 1. The van der Waals surface area contributed by atoms with Crippen LogP contribution in [0.1, 0.15) is 58.4 Å². The monoisotopic (exact) mass is 481 g/mol. The second kappa shape index (κ2) is 10.6. The van der Waals surface area contributed by atoms with Crippen molar-refractivity contribution in [2.24, 2.45) is 0 Å². The van der Waals surface area contributed by atoms with Crippen molar-refractivity contribution >= 4 is 17.7 Å². The van der Waals surface area contributed by atoms with Crippen LogP contribution in [0.4, 0.5) is 14.6 Å². The Morgan fingerprint density at radius 2 is 1.71 bits per heavy atom. The number of hydrogen-bond acceptors (Lipinski definition) is 4. The third-order valence-corrected chi connectivity index (χ3v) is 6.09. The Bertz CT molecular complexity index is 1320. The van der Waals surface area contributed by atoms with Crippen LogP contribution in [0.5, 0.6) is 0 Å². The summed E-state index contributed by atoms with van der Waals surface area (Å²) in [5, 5.41) is 11.5. The molecule has 0 unspecified atom stereocenters. The minimum absolute atomic E-state index is 0.0155. The van der Waals surface area contributed by atoms with E-state index in [1.165, 1.54) is 22.9 Å². The van der Waals surface area contributed by atoms with Gasteiger partial charge in [0.2, 0.25) is 0 Å². The lowest BCUT2D eigenvalue weighted by Crippen LogP contribution is -2.33. The van der Waals surface area contributed by atoms with Gasteiger partial charge in [-0.25, -0.2) is 13.8 Å². The maximum absolute atomic E-state index is 13.8. The molecule has 0 bridgehead atoms. The van der Waals surface area contributed by atoms with E-state index in [4.69, 9.17) is 5.11 Å². The Balaban J connectivity index is 1.69. The van der Waals surface area contributed by atoms with Crippen LogP contribution >= 0.6 is 0 Å². The highest BCUT2D eigenvalue weighted by Crippen LogP contribution is 2.22. The topological polar surface area (TPSA) is 101 Å². The molecule has 1 amide bonds. The van der Waals surface area contributed by atoms with Gasteiger partial charge in [-0.2, -0.15) is 0 Å². The summed E-state index contributed by atoms with van der Waals surface area (Å²) in [7, 11) is 0. The number of fused-ring (bicyclic) bond motifs is 1. The molecule has 2 aromatic heterocycles. The molecule has 0 saturated carbocycles. The number of aliphatic carboxylic acids is 1. The van der Waals surface area contributed by atoms with Gasteiger partial charge < -0.3 is 15.0 Å². The highest BCUT2D eigenvalue weighted by atomic mass is 19.2. The Morgan fingerprint density at radius 3 is 2.40 bits per heavy atom. The third kappa shape index (κ3) is 5.79. The van der Waals surface area contributed by atoms with Crippen molar-refractivity contribution in [1.29, 1.82) is 0 Å². The summed E-state index contributed by atoms with van der Waals surface area (Å²) < 4.78 is 28.7. The van der Waals surface area contributed by atoms with Crippen LogP contribution in [-0.4, -0.2) is 26.5 Å². The van der Waals surface area contributed by atoms with E-state index < -0.39 is 29.1 Å². The van der Waals surface area contributed by atoms with E-state index >= 15 is 0 Å². The summed E-state index contributed by atoms with van der Waals surface area (Å²) in [5.74, 6) is -3.41. The van der Waals surface area contributed by atoms with Crippen molar-refractivity contribution in [3.05, 3.63) is 92.5 Å². The number of rotatable bonds is 6. The van der Waals surface area contributed by atoms with Crippen molar-refractivity contribution in [3.63, 3.8) is 0 Å². The Labute approximate surface area is 200 Å². The molecule has 2 N–H and O–H groups in total. The van der Waals surface area contributed by atoms with Crippen LogP contribution in [0, 0.1) is 11.6 Å². The fraction of sp³-hybridized carbons (Fsp3) is 0.308. The van der Waals surface area contributed by atoms with Gasteiger partial charge in [0, 0.05) is 11.9 Å². The third-order valence-electron chi connectivity index (χ3n) is 6.09. The van der Waals surface area contributed by atoms with Crippen molar-refractivity contribution in [2.45, 2.75) is 51.5 Å². The average Bonchev–Trinajstić information content (AvgIpc) is 2.80. The van der Waals surface area contributed by atoms with Crippen molar-refractivity contribution in [2.75, 3.05) is 5.32 Å². The standard InChI is InChI=1S/C26H25F2N3O4/c27-20-9-7-17(11-21(20)28)15-31-22-6-4-2-1-3-5-18(22)13-19(26(31)35)25(34)30-23-10-8-16(14-29-23)12-24(32)33/h7-11,13-14H,1-6,12,15H2,(H,32,33)(H,29,30,34). The number of nitrogens with zero attached hydrogens (tertiary/aromatic N) is 2. The molecule has 35 heavy (non-hydrogen) atoms. The lowest BCUT2D eigenvalue weighted by atomic mass is 9.95. The van der Waals surface area contributed by atoms with Gasteiger partial charge in [-0.3, -0.25) is 14.4 Å². The Kier molecular flexibility index (Phi) is 7.33. The summed E-state index contributed by atoms with van der Waals surface area (Å²) >= 11 is 0. The number of anilines is 1. The summed E-state index contributed by atoms with van der Waals surface area (Å²) in [4.78, 5) is 41.4. The summed E-state index contributed by atoms with van der Waals surface area (Å²) in [6, 6.07) is 8.15. The molecular formula is C26H25F2N3O4. The van der Waals surface area contributed by atoms with E-state index in [0.29, 0.717) is 24.0 Å². The quantitative estimate of drug-likeness (QED) is 0.552. The van der Waals surface area contributed by atoms with Crippen molar-refractivity contribution in [3.8, 4) is 0 Å². The Hall–Kier alpha value is -3.88. The number of nitrogens with one attached hydrogen (secondary N) is 1. The number of benzene rings is 1. The minimum atomic E-state index is -0.996. The molecule has 0 fully saturated rings. The van der Waals surface area contributed by atoms with Gasteiger partial charge in [-0.15, -0.1) is 0 Å². The molecule has 0 saturated heterocycles. The average molecular weight is 481 g/mol. The number of hydrogen-bond donors (Lipinski definition) is 2. The SMILES string of the molecule is O=C(O)Cc1ccc(NC(=O)c2cc3c(n(Cc4ccc(F)c(F)c4)c2=O)CCCCCC3)nc1. The maximum atomic E-state index is 13.8. The zero-order chi connectivity index (χ0) is 24.9. The molecule has 9 heteroatoms. The van der Waals surface area contributed by atoms with Gasteiger partial charge in [-0.1, -0.05) is 25.0 Å². The molecule has 0 aliphatic heterocycles. The smallest absolute Gasteiger partial charge is 0.307 e. The lowest BCUT2D eigenvalue weighted by molar-refractivity contribution is -0.136. The van der Waals surface area contributed by atoms with Crippen LogP contribution in [-0.2, 0) is 30.6 Å². The fourth-order valence-electron chi connectivity index (χ4n) is 4.35. The first kappa shape index (κ1) is 24.3. The Morgan fingerprint density at radius 1 is 0.971 bits per heavy atom. The van der Waals surface area contributed by atoms with E-state index in [2.05, 4.69) is 10.3 Å². The zero-order valence-electron chi connectivity index (χ0n) is 19.0. The highest BCUT2D eigenvalue weighted by molar-refractivity contribution is 6.03. The van der Waals surface area contributed by atoms with Crippen LogP contribution in [0.2, 0.25) is 0 Å². The predicted molar refractivity (Wildman–Crippen MR) is 126 cm³/mol. The first-order valence-electron chi connectivity index (χ1n) is 11.5. The first-order chi connectivity index (χ1) is 16.8. The molecule has 7 nitrogen and oxygen atoms in total. The zero-order valence-corrected chi connectivity index (χ0v) is 19.0. The fourth-order valence-corrected chi connectivity index (χ4v) is 4.35. The second-order valence-corrected chi connectivity index (χ2v) is 8.66. The highest BCUT2D eigenvalue weighted by Gasteiger charge is 2.21. The molecule has 2 heterocycles. The molecule has 1 aromatic carbocycles. The molecule has 0 radical (unpaired) electrons. The summed E-state index contributed by atoms with van der Waals surface area (Å²) in [5.41, 5.74) is 2.01. The lowest BCUT2D eigenvalue weighted by Gasteiger charge is -2.21. The number of halogens is 2. The van der Waals surface area contributed by atoms with Gasteiger partial charge in [0.1, 0.15) is 11.4 Å². The number of pyridine rings is 2.